The summed E-state index contributed by atoms with van der Waals surface area (Å²) in [5.74, 6) is -2.08. The lowest BCUT2D eigenvalue weighted by atomic mass is 10.1. The van der Waals surface area contributed by atoms with Gasteiger partial charge in [0.2, 0.25) is 0 Å². The minimum Gasteiger partial charge on any atom is -0.507 e. The lowest BCUT2D eigenvalue weighted by molar-refractivity contribution is -0.175. The van der Waals surface area contributed by atoms with Crippen LogP contribution in [-0.2, 0) is 20.7 Å². The number of rotatable bonds is 6. The second kappa shape index (κ2) is 10.5. The van der Waals surface area contributed by atoms with E-state index < -0.39 is 24.1 Å². The Morgan fingerprint density at radius 2 is 1.70 bits per heavy atom. The third kappa shape index (κ3) is 6.73. The van der Waals surface area contributed by atoms with Gasteiger partial charge in [0.1, 0.15) is 17.5 Å². The van der Waals surface area contributed by atoms with E-state index in [1.807, 2.05) is 67.8 Å². The second-order valence-electron chi connectivity index (χ2n) is 5.85. The Balaban J connectivity index is 2.26. The molecule has 2 N–H and O–H groups in total. The van der Waals surface area contributed by atoms with E-state index in [0.29, 0.717) is 27.8 Å². The minimum absolute atomic E-state index is 0.123. The SMILES string of the molecule is COC(=O)[C@H](Cc1cc(I)c(Oc2ccc(O)c(I)c2)c(I)c1)NC(=O)C(F)(F)F. The van der Waals surface area contributed by atoms with Gasteiger partial charge in [-0.25, -0.2) is 4.79 Å². The molecule has 1 atom stereocenters. The summed E-state index contributed by atoms with van der Waals surface area (Å²) in [5.41, 5.74) is 0.509. The number of benzene rings is 2. The van der Waals surface area contributed by atoms with Crippen molar-refractivity contribution in [1.29, 1.82) is 0 Å². The van der Waals surface area contributed by atoms with Crippen LogP contribution in [-0.4, -0.2) is 36.3 Å². The zero-order valence-electron chi connectivity index (χ0n) is 15.0. The highest BCUT2D eigenvalue weighted by atomic mass is 127. The van der Waals surface area contributed by atoms with Crippen LogP contribution in [0.5, 0.6) is 17.2 Å². The average molecular weight is 761 g/mol. The number of nitrogens with one attached hydrogen (secondary N) is 1. The lowest BCUT2D eigenvalue weighted by Crippen LogP contribution is -2.48. The Bertz CT molecular complexity index is 946. The van der Waals surface area contributed by atoms with Crippen LogP contribution in [0.25, 0.3) is 0 Å². The van der Waals surface area contributed by atoms with Crippen molar-refractivity contribution in [1.82, 2.24) is 5.32 Å². The van der Waals surface area contributed by atoms with Gasteiger partial charge < -0.3 is 19.9 Å². The zero-order chi connectivity index (χ0) is 22.6. The van der Waals surface area contributed by atoms with Gasteiger partial charge in [0, 0.05) is 6.42 Å². The van der Waals surface area contributed by atoms with Gasteiger partial charge in [-0.15, -0.1) is 0 Å². The molecule has 0 aliphatic heterocycles. The average Bonchev–Trinajstić information content (AvgIpc) is 2.65. The summed E-state index contributed by atoms with van der Waals surface area (Å²) in [6, 6.07) is 6.52. The number of amides is 1. The number of phenols is 1. The summed E-state index contributed by atoms with van der Waals surface area (Å²) in [6.07, 6.45) is -5.31. The van der Waals surface area contributed by atoms with Gasteiger partial charge in [0.25, 0.3) is 0 Å². The van der Waals surface area contributed by atoms with Crippen LogP contribution in [0, 0.1) is 10.7 Å². The van der Waals surface area contributed by atoms with E-state index >= 15 is 0 Å². The highest BCUT2D eigenvalue weighted by Gasteiger charge is 2.41. The first kappa shape index (κ1) is 25.2. The van der Waals surface area contributed by atoms with E-state index in [1.54, 1.807) is 29.6 Å². The van der Waals surface area contributed by atoms with Crippen molar-refractivity contribution in [2.45, 2.75) is 18.6 Å². The Labute approximate surface area is 210 Å². The van der Waals surface area contributed by atoms with E-state index in [2.05, 4.69) is 4.74 Å². The van der Waals surface area contributed by atoms with Gasteiger partial charge in [0.05, 0.1) is 17.8 Å². The van der Waals surface area contributed by atoms with Gasteiger partial charge >= 0.3 is 18.1 Å². The monoisotopic (exact) mass is 761 g/mol. The molecular weight excluding hydrogens is 748 g/mol. The molecule has 6 nitrogen and oxygen atoms in total. The maximum atomic E-state index is 12.6. The Hall–Kier alpha value is -1.04. The maximum absolute atomic E-state index is 12.6. The van der Waals surface area contributed by atoms with Crippen LogP contribution in [0.2, 0.25) is 0 Å². The number of hydrogen-bond donors (Lipinski definition) is 2. The van der Waals surface area contributed by atoms with Crippen molar-refractivity contribution in [3.63, 3.8) is 0 Å². The summed E-state index contributed by atoms with van der Waals surface area (Å²) in [5, 5.41) is 11.3. The van der Waals surface area contributed by atoms with Crippen molar-refractivity contribution >= 4 is 79.6 Å². The number of ether oxygens (including phenoxy) is 2. The topological polar surface area (TPSA) is 84.9 Å². The molecular formula is C18H13F3I3NO5. The first-order valence-corrected chi connectivity index (χ1v) is 11.3. The Morgan fingerprint density at radius 1 is 1.10 bits per heavy atom. The molecule has 0 aliphatic rings. The molecule has 0 fully saturated rings. The fourth-order valence-corrected chi connectivity index (χ4v) is 4.91. The third-order valence-corrected chi connectivity index (χ3v) is 6.15. The fraction of sp³-hybridized carbons (Fsp3) is 0.222. The van der Waals surface area contributed by atoms with Crippen LogP contribution in [0.3, 0.4) is 0 Å². The van der Waals surface area contributed by atoms with Gasteiger partial charge in [-0.1, -0.05) is 0 Å². The van der Waals surface area contributed by atoms with Gasteiger partial charge in [0.15, 0.2) is 5.75 Å². The van der Waals surface area contributed by atoms with Gasteiger partial charge in [-0.2, -0.15) is 13.2 Å². The second-order valence-corrected chi connectivity index (χ2v) is 9.34. The number of aromatic hydroxyl groups is 1. The first-order chi connectivity index (χ1) is 13.9. The highest BCUT2D eigenvalue weighted by Crippen LogP contribution is 2.35. The number of methoxy groups -OCH3 is 1. The van der Waals surface area contributed by atoms with Crippen LogP contribution in [0.4, 0.5) is 13.2 Å². The summed E-state index contributed by atoms with van der Waals surface area (Å²) in [7, 11) is 1.03. The number of phenolic OH excluding ortho intramolecular Hbond substituents is 1. The fourth-order valence-electron chi connectivity index (χ4n) is 2.31. The Kier molecular flexibility index (Phi) is 8.84. The number of esters is 1. The highest BCUT2D eigenvalue weighted by molar-refractivity contribution is 14.1. The van der Waals surface area contributed by atoms with Crippen LogP contribution in [0.15, 0.2) is 30.3 Å². The lowest BCUT2D eigenvalue weighted by Gasteiger charge is -2.19. The summed E-state index contributed by atoms with van der Waals surface area (Å²) < 4.78 is 49.9. The molecule has 1 amide bonds. The number of carbonyl (C=O) groups is 2. The number of carbonyl (C=O) groups excluding carboxylic acids is 2. The molecule has 0 heterocycles. The van der Waals surface area contributed by atoms with Crippen LogP contribution >= 0.6 is 67.8 Å². The third-order valence-electron chi connectivity index (χ3n) is 3.69. The van der Waals surface area contributed by atoms with E-state index in [0.717, 1.165) is 7.11 Å². The zero-order valence-corrected chi connectivity index (χ0v) is 21.5. The predicted octanol–water partition coefficient (Wildman–Crippen LogP) is 4.76. The Morgan fingerprint density at radius 3 is 2.20 bits per heavy atom. The number of alkyl halides is 3. The molecule has 0 radical (unpaired) electrons. The first-order valence-electron chi connectivity index (χ1n) is 8.02. The van der Waals surface area contributed by atoms with Crippen molar-refractivity contribution in [2.24, 2.45) is 0 Å². The summed E-state index contributed by atoms with van der Waals surface area (Å²) in [6.45, 7) is 0. The standard InChI is InChI=1S/C18H13F3I3NO5/c1-29-16(27)13(25-17(28)18(19,20)21)6-8-4-11(23)15(12(24)5-8)30-9-2-3-14(26)10(22)7-9/h2-5,7,13,26H,6H2,1H3,(H,25,28)/t13-/m0/s1. The van der Waals surface area contributed by atoms with E-state index in [9.17, 15) is 27.9 Å². The van der Waals surface area contributed by atoms with E-state index in [4.69, 9.17) is 4.74 Å². The maximum Gasteiger partial charge on any atom is 0.471 e. The molecule has 162 valence electrons. The molecule has 0 aliphatic carbocycles. The molecule has 0 saturated heterocycles. The molecule has 0 unspecified atom stereocenters. The molecule has 0 spiro atoms. The van der Waals surface area contributed by atoms with Crippen molar-refractivity contribution in [2.75, 3.05) is 7.11 Å². The quantitative estimate of drug-likeness (QED) is 0.328. The van der Waals surface area contributed by atoms with Gasteiger partial charge in [-0.05, 0) is 104 Å². The molecule has 30 heavy (non-hydrogen) atoms. The molecule has 2 rings (SSSR count). The summed E-state index contributed by atoms with van der Waals surface area (Å²) >= 11 is 5.96. The van der Waals surface area contributed by atoms with Crippen LogP contribution in [0.1, 0.15) is 5.56 Å². The normalized spacial score (nSPS) is 12.2. The summed E-state index contributed by atoms with van der Waals surface area (Å²) in [4.78, 5) is 23.1. The molecule has 2 aromatic rings. The van der Waals surface area contributed by atoms with Gasteiger partial charge in [-0.3, -0.25) is 4.79 Å². The number of halogens is 6. The van der Waals surface area contributed by atoms with Crippen molar-refractivity contribution < 1.29 is 37.3 Å². The smallest absolute Gasteiger partial charge is 0.471 e. The predicted molar refractivity (Wildman–Crippen MR) is 126 cm³/mol. The molecule has 12 heteroatoms. The number of hydrogen-bond acceptors (Lipinski definition) is 5. The molecule has 0 bridgehead atoms. The van der Waals surface area contributed by atoms with Crippen molar-refractivity contribution in [3.05, 3.63) is 46.6 Å². The van der Waals surface area contributed by atoms with Crippen LogP contribution < -0.4 is 10.1 Å². The van der Waals surface area contributed by atoms with E-state index in [1.165, 1.54) is 6.07 Å². The molecule has 2 aromatic carbocycles. The largest absolute Gasteiger partial charge is 0.507 e. The molecule has 0 saturated carbocycles. The van der Waals surface area contributed by atoms with Crippen molar-refractivity contribution in [3.8, 4) is 17.2 Å². The molecule has 0 aromatic heterocycles. The van der Waals surface area contributed by atoms with E-state index in [-0.39, 0.29) is 12.2 Å². The minimum atomic E-state index is -5.12.